The van der Waals surface area contributed by atoms with Gasteiger partial charge in [-0.1, -0.05) is 44.0 Å². The molecule has 25 heavy (non-hydrogen) atoms. The van der Waals surface area contributed by atoms with E-state index in [1.807, 2.05) is 13.8 Å². The molecule has 1 aromatic carbocycles. The highest BCUT2D eigenvalue weighted by Gasteiger charge is 2.31. The van der Waals surface area contributed by atoms with Crippen molar-refractivity contribution in [3.8, 4) is 5.75 Å². The number of rotatable bonds is 8. The van der Waals surface area contributed by atoms with Gasteiger partial charge in [-0.05, 0) is 35.7 Å². The number of methoxy groups -OCH3 is 1. The van der Waals surface area contributed by atoms with Crippen molar-refractivity contribution in [3.63, 3.8) is 0 Å². The van der Waals surface area contributed by atoms with E-state index in [2.05, 4.69) is 4.72 Å². The first-order chi connectivity index (χ1) is 11.8. The summed E-state index contributed by atoms with van der Waals surface area (Å²) in [6.07, 6.45) is -0.267. The van der Waals surface area contributed by atoms with Crippen LogP contribution in [-0.2, 0) is 10.0 Å². The van der Waals surface area contributed by atoms with Gasteiger partial charge in [0.25, 0.3) is 0 Å². The van der Waals surface area contributed by atoms with Crippen molar-refractivity contribution in [3.05, 3.63) is 46.3 Å². The quantitative estimate of drug-likeness (QED) is 0.702. The Hall–Kier alpha value is -1.12. The first-order valence-electron chi connectivity index (χ1n) is 7.88. The second-order valence-corrected chi connectivity index (χ2v) is 9.47. The smallest absolute Gasteiger partial charge is 0.250 e. The van der Waals surface area contributed by atoms with Gasteiger partial charge in [0.2, 0.25) is 10.0 Å². The molecule has 2 aromatic rings. The summed E-state index contributed by atoms with van der Waals surface area (Å²) >= 11 is 6.83. The fourth-order valence-corrected chi connectivity index (χ4v) is 5.28. The van der Waals surface area contributed by atoms with E-state index >= 15 is 0 Å². The summed E-state index contributed by atoms with van der Waals surface area (Å²) < 4.78 is 33.5. The van der Waals surface area contributed by atoms with Crippen LogP contribution in [0.4, 0.5) is 0 Å². The van der Waals surface area contributed by atoms with Crippen LogP contribution in [0, 0.1) is 5.92 Å². The molecule has 1 heterocycles. The predicted molar refractivity (Wildman–Crippen MR) is 101 cm³/mol. The number of benzene rings is 1. The molecule has 2 N–H and O–H groups in total. The third-order valence-electron chi connectivity index (χ3n) is 4.16. The number of halogens is 1. The van der Waals surface area contributed by atoms with Gasteiger partial charge in [-0.15, -0.1) is 11.3 Å². The molecule has 0 bridgehead atoms. The minimum atomic E-state index is -3.76. The minimum Gasteiger partial charge on any atom is -0.497 e. The van der Waals surface area contributed by atoms with Crippen LogP contribution in [0.15, 0.2) is 40.6 Å². The molecule has 0 fully saturated rings. The summed E-state index contributed by atoms with van der Waals surface area (Å²) in [5.41, 5.74) is 0.623. The monoisotopic (exact) mass is 403 g/mol. The Kier molecular flexibility index (Phi) is 6.87. The van der Waals surface area contributed by atoms with Gasteiger partial charge in [0, 0.05) is 0 Å². The summed E-state index contributed by atoms with van der Waals surface area (Å²) in [7, 11) is -2.20. The van der Waals surface area contributed by atoms with E-state index in [9.17, 15) is 13.5 Å². The third kappa shape index (κ3) is 4.95. The van der Waals surface area contributed by atoms with Crippen LogP contribution < -0.4 is 9.46 Å². The van der Waals surface area contributed by atoms with E-state index in [0.717, 1.165) is 11.3 Å². The van der Waals surface area contributed by atoms with Crippen molar-refractivity contribution in [1.82, 2.24) is 4.72 Å². The molecule has 0 radical (unpaired) electrons. The molecular formula is C17H22ClNO4S2. The lowest BCUT2D eigenvalue weighted by Crippen LogP contribution is -2.43. The zero-order valence-electron chi connectivity index (χ0n) is 14.3. The van der Waals surface area contributed by atoms with Crippen LogP contribution in [-0.4, -0.2) is 26.7 Å². The predicted octanol–water partition coefficient (Wildman–Crippen LogP) is 3.84. The molecule has 1 aromatic heterocycles. The van der Waals surface area contributed by atoms with Crippen LogP contribution in [0.5, 0.6) is 5.75 Å². The highest BCUT2D eigenvalue weighted by molar-refractivity contribution is 7.91. The first-order valence-corrected chi connectivity index (χ1v) is 10.6. The van der Waals surface area contributed by atoms with E-state index in [1.54, 1.807) is 37.4 Å². The topological polar surface area (TPSA) is 75.6 Å². The highest BCUT2D eigenvalue weighted by atomic mass is 35.5. The molecule has 0 aliphatic heterocycles. The first kappa shape index (κ1) is 20.2. The zero-order chi connectivity index (χ0) is 18.6. The Morgan fingerprint density at radius 1 is 1.24 bits per heavy atom. The lowest BCUT2D eigenvalue weighted by molar-refractivity contribution is 0.112. The number of hydrogen-bond acceptors (Lipinski definition) is 5. The fraction of sp³-hybridized carbons (Fsp3) is 0.412. The van der Waals surface area contributed by atoms with Gasteiger partial charge in [-0.3, -0.25) is 0 Å². The number of thiophene rings is 1. The lowest BCUT2D eigenvalue weighted by Gasteiger charge is -2.29. The normalized spacial score (nSPS) is 15.6. The number of ether oxygens (including phenoxy) is 1. The Morgan fingerprint density at radius 2 is 1.88 bits per heavy atom. The SMILES string of the molecule is CC[C@H](C)C(NS(=O)(=O)c1ccc(Cl)s1)[C@@H](O)c1ccc(OC)cc1. The molecule has 5 nitrogen and oxygen atoms in total. The average molecular weight is 404 g/mol. The molecule has 0 saturated heterocycles. The molecule has 2 rings (SSSR count). The van der Waals surface area contributed by atoms with Gasteiger partial charge in [-0.25, -0.2) is 13.1 Å². The fourth-order valence-electron chi connectivity index (χ4n) is 2.43. The summed E-state index contributed by atoms with van der Waals surface area (Å²) in [4.78, 5) is 0. The van der Waals surface area contributed by atoms with E-state index in [1.165, 1.54) is 6.07 Å². The van der Waals surface area contributed by atoms with Gasteiger partial charge < -0.3 is 9.84 Å². The van der Waals surface area contributed by atoms with Crippen molar-refractivity contribution >= 4 is 33.0 Å². The zero-order valence-corrected chi connectivity index (χ0v) is 16.7. The van der Waals surface area contributed by atoms with Crippen molar-refractivity contribution < 1.29 is 18.3 Å². The summed E-state index contributed by atoms with van der Waals surface area (Å²) in [5.74, 6) is 0.604. The standard InChI is InChI=1S/C17H22ClNO4S2/c1-4-11(2)16(17(20)12-5-7-13(23-3)8-6-12)19-25(21,22)15-10-9-14(18)24-15/h5-11,16-17,19-20H,4H2,1-3H3/t11-,16?,17-/m0/s1. The van der Waals surface area contributed by atoms with E-state index < -0.39 is 22.2 Å². The molecule has 1 unspecified atom stereocenters. The van der Waals surface area contributed by atoms with Crippen LogP contribution in [0.1, 0.15) is 31.9 Å². The maximum absolute atomic E-state index is 12.6. The molecule has 0 spiro atoms. The van der Waals surface area contributed by atoms with Crippen molar-refractivity contribution in [2.45, 2.75) is 36.6 Å². The summed E-state index contributed by atoms with van der Waals surface area (Å²) in [6.45, 7) is 3.86. The Morgan fingerprint density at radius 3 is 2.36 bits per heavy atom. The average Bonchev–Trinajstić information content (AvgIpc) is 3.06. The van der Waals surface area contributed by atoms with Crippen LogP contribution in [0.2, 0.25) is 4.34 Å². The molecule has 0 aliphatic carbocycles. The van der Waals surface area contributed by atoms with Gasteiger partial charge in [0.1, 0.15) is 9.96 Å². The number of aliphatic hydroxyl groups is 1. The van der Waals surface area contributed by atoms with Gasteiger partial charge in [0.05, 0.1) is 23.6 Å². The Balaban J connectivity index is 2.28. The number of hydrogen-bond donors (Lipinski definition) is 2. The largest absolute Gasteiger partial charge is 0.497 e. The van der Waals surface area contributed by atoms with Crippen molar-refractivity contribution in [1.29, 1.82) is 0 Å². The second kappa shape index (κ2) is 8.51. The van der Waals surface area contributed by atoms with Crippen LogP contribution >= 0.6 is 22.9 Å². The highest BCUT2D eigenvalue weighted by Crippen LogP contribution is 2.29. The maximum Gasteiger partial charge on any atom is 0.250 e. The third-order valence-corrected chi connectivity index (χ3v) is 7.34. The molecule has 0 amide bonds. The van der Waals surface area contributed by atoms with Crippen molar-refractivity contribution in [2.24, 2.45) is 5.92 Å². The molecule has 8 heteroatoms. The second-order valence-electron chi connectivity index (χ2n) is 5.81. The molecule has 3 atom stereocenters. The van der Waals surface area contributed by atoms with E-state index in [-0.39, 0.29) is 10.1 Å². The Bertz CT molecular complexity index is 789. The Labute approximate surface area is 157 Å². The van der Waals surface area contributed by atoms with E-state index in [0.29, 0.717) is 22.1 Å². The van der Waals surface area contributed by atoms with Gasteiger partial charge in [0.15, 0.2) is 0 Å². The number of nitrogens with one attached hydrogen (secondary N) is 1. The van der Waals surface area contributed by atoms with Gasteiger partial charge in [-0.2, -0.15) is 0 Å². The lowest BCUT2D eigenvalue weighted by atomic mass is 9.91. The van der Waals surface area contributed by atoms with Crippen molar-refractivity contribution in [2.75, 3.05) is 7.11 Å². The summed E-state index contributed by atoms with van der Waals surface area (Å²) in [6, 6.07) is 9.27. The van der Waals surface area contributed by atoms with E-state index in [4.69, 9.17) is 16.3 Å². The van der Waals surface area contributed by atoms with Crippen LogP contribution in [0.25, 0.3) is 0 Å². The van der Waals surface area contributed by atoms with Crippen LogP contribution in [0.3, 0.4) is 0 Å². The molecule has 138 valence electrons. The van der Waals surface area contributed by atoms with Gasteiger partial charge >= 0.3 is 0 Å². The maximum atomic E-state index is 12.6. The number of sulfonamides is 1. The minimum absolute atomic E-state index is 0.0673. The molecule has 0 aliphatic rings. The summed E-state index contributed by atoms with van der Waals surface area (Å²) in [5, 5.41) is 10.8. The molecule has 0 saturated carbocycles. The number of aliphatic hydroxyl groups excluding tert-OH is 1. The molecular weight excluding hydrogens is 382 g/mol.